The van der Waals surface area contributed by atoms with E-state index in [2.05, 4.69) is 10.3 Å². The predicted octanol–water partition coefficient (Wildman–Crippen LogP) is -0.144. The maximum atomic E-state index is 12.4. The second-order valence-corrected chi connectivity index (χ2v) is 7.04. The topological polar surface area (TPSA) is 101 Å². The van der Waals surface area contributed by atoms with E-state index in [9.17, 15) is 9.59 Å². The van der Waals surface area contributed by atoms with Crippen LogP contribution in [0.3, 0.4) is 0 Å². The normalized spacial score (nSPS) is 10.7. The summed E-state index contributed by atoms with van der Waals surface area (Å²) >= 11 is 7.64. The number of furan rings is 1. The fourth-order valence-corrected chi connectivity index (χ4v) is 2.61. The average Bonchev–Trinajstić information content (AvgIpc) is 2.92. The van der Waals surface area contributed by atoms with Crippen LogP contribution in [0.1, 0.15) is 20.9 Å². The lowest BCUT2D eigenvalue weighted by Gasteiger charge is -2.23. The van der Waals surface area contributed by atoms with Crippen molar-refractivity contribution < 1.29 is 36.9 Å². The summed E-state index contributed by atoms with van der Waals surface area (Å²) in [7, 11) is 1.64. The molecule has 0 unspecified atom stereocenters. The van der Waals surface area contributed by atoms with E-state index in [0.29, 0.717) is 27.4 Å². The standard InChI is InChI=1S/C16H12ClIN4O3/c1-22(18)16(24)8-2-4-11-10(6-8)13(19)14(25-11)15(23)21-12-5-3-9(17)7-20-12/h2-7H,19H2,1H3,(H,20,21,23)/q-1. The Hall–Kier alpha value is -2.33. The Labute approximate surface area is 161 Å². The third-order valence-electron chi connectivity index (χ3n) is 3.43. The fourth-order valence-electron chi connectivity index (χ4n) is 2.22. The Morgan fingerprint density at radius 1 is 1.32 bits per heavy atom. The molecule has 2 amide bonds. The van der Waals surface area contributed by atoms with Crippen molar-refractivity contribution in [3.8, 4) is 0 Å². The molecule has 3 aromatic rings. The third-order valence-corrected chi connectivity index (χ3v) is 4.09. The molecule has 7 nitrogen and oxygen atoms in total. The lowest BCUT2D eigenvalue weighted by atomic mass is 10.1. The van der Waals surface area contributed by atoms with E-state index < -0.39 is 5.91 Å². The number of halogens is 2. The molecule has 1 aromatic carbocycles. The third kappa shape index (κ3) is 3.54. The van der Waals surface area contributed by atoms with Crippen LogP contribution in [-0.4, -0.2) is 27.0 Å². The minimum Gasteiger partial charge on any atom is -0.659 e. The number of fused-ring (bicyclic) bond motifs is 1. The quantitative estimate of drug-likeness (QED) is 0.410. The van der Waals surface area contributed by atoms with E-state index in [1.807, 2.05) is 22.9 Å². The molecule has 9 heteroatoms. The molecule has 0 aliphatic rings. The molecule has 0 saturated heterocycles. The first-order chi connectivity index (χ1) is 11.9. The van der Waals surface area contributed by atoms with Gasteiger partial charge < -0.3 is 41.4 Å². The number of carbonyl (C=O) groups excluding carboxylic acids is 2. The summed E-state index contributed by atoms with van der Waals surface area (Å²) in [5, 5.41) is 3.54. The Morgan fingerprint density at radius 3 is 2.72 bits per heavy atom. The van der Waals surface area contributed by atoms with Crippen molar-refractivity contribution in [3.05, 3.63) is 52.9 Å². The number of nitrogens with two attached hydrogens (primary N) is 1. The monoisotopic (exact) mass is 470 g/mol. The van der Waals surface area contributed by atoms with Crippen LogP contribution in [0, 0.1) is 0 Å². The molecule has 0 atom stereocenters. The first kappa shape index (κ1) is 17.5. The summed E-state index contributed by atoms with van der Waals surface area (Å²) < 4.78 is 6.96. The number of amides is 2. The number of hydrogen-bond donors (Lipinski definition) is 2. The van der Waals surface area contributed by atoms with E-state index >= 15 is 0 Å². The molecule has 0 aliphatic heterocycles. The van der Waals surface area contributed by atoms with Gasteiger partial charge in [0.15, 0.2) is 0 Å². The summed E-state index contributed by atoms with van der Waals surface area (Å²) in [4.78, 5) is 28.4. The largest absolute Gasteiger partial charge is 0.659 e. The number of rotatable bonds is 3. The zero-order valence-electron chi connectivity index (χ0n) is 12.9. The van der Waals surface area contributed by atoms with E-state index in [1.165, 1.54) is 9.31 Å². The van der Waals surface area contributed by atoms with Crippen LogP contribution in [0.15, 0.2) is 40.9 Å². The number of nitrogen functional groups attached to an aromatic ring is 1. The van der Waals surface area contributed by atoms with Gasteiger partial charge in [0, 0.05) is 17.1 Å². The van der Waals surface area contributed by atoms with Crippen LogP contribution in [-0.2, 0) is 0 Å². The van der Waals surface area contributed by atoms with Gasteiger partial charge in [0.2, 0.25) is 11.7 Å². The van der Waals surface area contributed by atoms with Crippen molar-refractivity contribution in [1.82, 2.24) is 8.10 Å². The van der Waals surface area contributed by atoms with Gasteiger partial charge in [0.1, 0.15) is 11.4 Å². The molecule has 2 heterocycles. The minimum atomic E-state index is -0.539. The number of nitrogens with one attached hydrogen (secondary N) is 1. The van der Waals surface area contributed by atoms with Crippen LogP contribution in [0.2, 0.25) is 5.02 Å². The summed E-state index contributed by atoms with van der Waals surface area (Å²) in [6, 6.07) is 7.99. The number of carbonyl (C=O) groups is 2. The summed E-state index contributed by atoms with van der Waals surface area (Å²) in [5.41, 5.74) is 7.06. The van der Waals surface area contributed by atoms with Gasteiger partial charge in [0.05, 0.1) is 10.7 Å². The first-order valence-corrected chi connectivity index (χ1v) is 8.40. The Balaban J connectivity index is 1.94. The number of nitrogens with zero attached hydrogens (tertiary/aromatic N) is 2. The van der Waals surface area contributed by atoms with Gasteiger partial charge >= 0.3 is 0 Å². The number of anilines is 2. The Morgan fingerprint density at radius 2 is 2.08 bits per heavy atom. The molecule has 0 saturated carbocycles. The predicted molar refractivity (Wildman–Crippen MR) is 89.9 cm³/mol. The highest BCUT2D eigenvalue weighted by Gasteiger charge is 2.20. The number of benzene rings is 1. The van der Waals surface area contributed by atoms with Crippen molar-refractivity contribution in [2.45, 2.75) is 0 Å². The number of aromatic nitrogens is 1. The van der Waals surface area contributed by atoms with Crippen LogP contribution in [0.5, 0.6) is 0 Å². The highest BCUT2D eigenvalue weighted by atomic mass is 127. The average molecular weight is 471 g/mol. The maximum absolute atomic E-state index is 12.4. The van der Waals surface area contributed by atoms with Crippen molar-refractivity contribution in [2.75, 3.05) is 18.1 Å². The zero-order valence-corrected chi connectivity index (χ0v) is 15.8. The number of hydrogen-bond acceptors (Lipinski definition) is 5. The first-order valence-electron chi connectivity index (χ1n) is 7.05. The molecule has 129 valence electrons. The second kappa shape index (κ2) is 6.89. The van der Waals surface area contributed by atoms with E-state index in [1.54, 1.807) is 37.4 Å². The maximum Gasteiger partial charge on any atom is 0.294 e. The van der Waals surface area contributed by atoms with Crippen molar-refractivity contribution in [2.24, 2.45) is 0 Å². The smallest absolute Gasteiger partial charge is 0.294 e. The van der Waals surface area contributed by atoms with Crippen molar-refractivity contribution >= 4 is 45.9 Å². The molecular weight excluding hydrogens is 459 g/mol. The van der Waals surface area contributed by atoms with Crippen LogP contribution in [0.4, 0.5) is 11.5 Å². The van der Waals surface area contributed by atoms with E-state index in [0.717, 1.165) is 0 Å². The highest BCUT2D eigenvalue weighted by Crippen LogP contribution is 2.30. The van der Waals surface area contributed by atoms with Crippen molar-refractivity contribution in [1.29, 1.82) is 0 Å². The molecule has 2 aromatic heterocycles. The number of pyridine rings is 1. The zero-order chi connectivity index (χ0) is 18.1. The van der Waals surface area contributed by atoms with Gasteiger partial charge in [-0.2, -0.15) is 0 Å². The van der Waals surface area contributed by atoms with Gasteiger partial charge in [-0.3, -0.25) is 9.59 Å². The molecule has 1 radical (unpaired) electrons. The lowest BCUT2D eigenvalue weighted by molar-refractivity contribution is -0.538. The Bertz CT molecular complexity index is 969. The molecule has 0 spiro atoms. The van der Waals surface area contributed by atoms with E-state index in [-0.39, 0.29) is 17.4 Å². The Kier molecular flexibility index (Phi) is 4.82. The minimum absolute atomic E-state index is 0.0424. The fraction of sp³-hybridized carbons (Fsp3) is 0.0625. The van der Waals surface area contributed by atoms with Gasteiger partial charge in [-0.05, 0) is 37.4 Å². The summed E-state index contributed by atoms with van der Waals surface area (Å²) in [5.74, 6) is -0.447. The molecule has 0 bridgehead atoms. The molecule has 3 rings (SSSR count). The molecule has 25 heavy (non-hydrogen) atoms. The molecule has 3 N–H and O–H groups in total. The lowest BCUT2D eigenvalue weighted by Crippen LogP contribution is -3.41. The van der Waals surface area contributed by atoms with Gasteiger partial charge in [-0.25, -0.2) is 4.98 Å². The second-order valence-electron chi connectivity index (χ2n) is 5.15. The van der Waals surface area contributed by atoms with E-state index in [4.69, 9.17) is 21.8 Å². The SMILES string of the molecule is CN([I-])C(=O)c1ccc2oc(C(=O)Nc3ccc(Cl)cn3)c(N)c2c1. The highest BCUT2D eigenvalue weighted by molar-refractivity contribution is 6.30. The van der Waals surface area contributed by atoms with Gasteiger partial charge in [0.25, 0.3) is 5.91 Å². The summed E-state index contributed by atoms with van der Waals surface area (Å²) in [6.45, 7) is 0. The van der Waals surface area contributed by atoms with Gasteiger partial charge in [-0.15, -0.1) is 0 Å². The van der Waals surface area contributed by atoms with Gasteiger partial charge in [-0.1, -0.05) is 11.6 Å². The molecular formula is C16H12ClIN4O3-. The summed E-state index contributed by atoms with van der Waals surface area (Å²) in [6.07, 6.45) is 1.41. The van der Waals surface area contributed by atoms with Crippen LogP contribution in [0.25, 0.3) is 11.0 Å². The van der Waals surface area contributed by atoms with Crippen molar-refractivity contribution in [3.63, 3.8) is 0 Å². The molecule has 0 fully saturated rings. The van der Waals surface area contributed by atoms with Crippen LogP contribution >= 0.6 is 11.6 Å². The van der Waals surface area contributed by atoms with Crippen LogP contribution < -0.4 is 33.9 Å². The molecule has 0 aliphatic carbocycles.